The molecule has 3 rings (SSSR count). The van der Waals surface area contributed by atoms with Crippen molar-refractivity contribution in [3.63, 3.8) is 0 Å². The number of hydrogen-bond donors (Lipinski definition) is 0. The van der Waals surface area contributed by atoms with Gasteiger partial charge in [-0.15, -0.1) is 23.1 Å². The van der Waals surface area contributed by atoms with E-state index >= 15 is 0 Å². The molecule has 2 aromatic rings. The molecule has 0 bridgehead atoms. The van der Waals surface area contributed by atoms with Gasteiger partial charge in [0.25, 0.3) is 0 Å². The number of nitrogens with zero attached hydrogens (tertiary/aromatic N) is 1. The van der Waals surface area contributed by atoms with E-state index in [0.29, 0.717) is 16.4 Å². The Bertz CT molecular complexity index is 783. The number of Topliss-reactive ketones (excluding diaryl/α,β-unsaturated/α-hetero) is 1. The van der Waals surface area contributed by atoms with Gasteiger partial charge < -0.3 is 14.1 Å². The number of ketones is 1. The zero-order valence-electron chi connectivity index (χ0n) is 13.8. The molecule has 1 fully saturated rings. The van der Waals surface area contributed by atoms with E-state index in [1.807, 2.05) is 13.0 Å². The first-order chi connectivity index (χ1) is 12.0. The van der Waals surface area contributed by atoms with Gasteiger partial charge in [-0.25, -0.2) is 4.79 Å². The molecule has 1 aliphatic heterocycles. The van der Waals surface area contributed by atoms with Crippen molar-refractivity contribution < 1.29 is 23.5 Å². The van der Waals surface area contributed by atoms with E-state index in [4.69, 9.17) is 9.15 Å². The van der Waals surface area contributed by atoms with Crippen LogP contribution in [-0.4, -0.2) is 41.0 Å². The number of esters is 1. The number of ether oxygens (including phenoxy) is 1. The minimum Gasteiger partial charge on any atom is -0.466 e. The van der Waals surface area contributed by atoms with Crippen LogP contribution in [0.2, 0.25) is 0 Å². The van der Waals surface area contributed by atoms with Gasteiger partial charge in [0.05, 0.1) is 11.1 Å². The summed E-state index contributed by atoms with van der Waals surface area (Å²) in [6.07, 6.45) is 1.53. The Hall–Kier alpha value is -2.06. The highest BCUT2D eigenvalue weighted by atomic mass is 32.2. The lowest BCUT2D eigenvalue weighted by atomic mass is 10.2. The fraction of sp³-hybridized carbons (Fsp3) is 0.353. The van der Waals surface area contributed by atoms with Crippen LogP contribution in [0.25, 0.3) is 0 Å². The van der Waals surface area contributed by atoms with Crippen molar-refractivity contribution in [3.05, 3.63) is 46.0 Å². The Kier molecular flexibility index (Phi) is 5.29. The predicted octanol–water partition coefficient (Wildman–Crippen LogP) is 3.04. The van der Waals surface area contributed by atoms with Gasteiger partial charge in [-0.05, 0) is 31.2 Å². The number of furan rings is 1. The van der Waals surface area contributed by atoms with Crippen LogP contribution >= 0.6 is 23.1 Å². The second kappa shape index (κ2) is 7.45. The Morgan fingerprint density at radius 1 is 1.32 bits per heavy atom. The van der Waals surface area contributed by atoms with Gasteiger partial charge in [0, 0.05) is 17.6 Å². The van der Waals surface area contributed by atoms with Crippen LogP contribution in [-0.2, 0) is 14.3 Å². The molecule has 0 aromatic carbocycles. The number of carbonyl (C=O) groups excluding carboxylic acids is 3. The van der Waals surface area contributed by atoms with Crippen LogP contribution in [0.3, 0.4) is 0 Å². The zero-order chi connectivity index (χ0) is 18.0. The zero-order valence-corrected chi connectivity index (χ0v) is 15.4. The van der Waals surface area contributed by atoms with E-state index in [1.165, 1.54) is 41.2 Å². The molecular weight excluding hydrogens is 362 g/mol. The molecule has 2 atom stereocenters. The molecule has 1 amide bonds. The predicted molar refractivity (Wildman–Crippen MR) is 94.6 cm³/mol. The minimum atomic E-state index is -0.726. The van der Waals surface area contributed by atoms with Gasteiger partial charge >= 0.3 is 5.97 Å². The minimum absolute atomic E-state index is 0.242. The summed E-state index contributed by atoms with van der Waals surface area (Å²) < 4.78 is 10.5. The average molecular weight is 379 g/mol. The van der Waals surface area contributed by atoms with E-state index in [2.05, 4.69) is 0 Å². The molecule has 2 aromatic heterocycles. The maximum Gasteiger partial charge on any atom is 0.330 e. The number of hydrogen-bond acceptors (Lipinski definition) is 7. The molecule has 0 spiro atoms. The van der Waals surface area contributed by atoms with Crippen molar-refractivity contribution in [2.45, 2.75) is 25.3 Å². The maximum atomic E-state index is 12.4. The Morgan fingerprint density at radius 2 is 2.12 bits per heavy atom. The summed E-state index contributed by atoms with van der Waals surface area (Å²) in [5, 5.41) is -0.360. The fourth-order valence-electron chi connectivity index (χ4n) is 2.61. The molecular formula is C17H17NO5S2. The van der Waals surface area contributed by atoms with Crippen LogP contribution < -0.4 is 0 Å². The second-order valence-electron chi connectivity index (χ2n) is 5.58. The highest BCUT2D eigenvalue weighted by molar-refractivity contribution is 7.99. The van der Waals surface area contributed by atoms with Crippen molar-refractivity contribution in [2.75, 3.05) is 12.4 Å². The third-order valence-corrected chi connectivity index (χ3v) is 6.11. The first kappa shape index (κ1) is 17.8. The van der Waals surface area contributed by atoms with Crippen molar-refractivity contribution in [2.24, 2.45) is 0 Å². The lowest BCUT2D eigenvalue weighted by molar-refractivity contribution is -0.152. The summed E-state index contributed by atoms with van der Waals surface area (Å²) in [5.74, 6) is -0.0440. The first-order valence-electron chi connectivity index (χ1n) is 7.67. The normalized spacial score (nSPS) is 19.8. The number of thiophene rings is 1. The highest BCUT2D eigenvalue weighted by Gasteiger charge is 2.43. The standard InChI is InChI=1S/C17H17NO5S2/c1-10-5-6-15(25-10)13(20)8-23-17(21)12-9-24-16(18(12)11(2)19)14-4-3-7-22-14/h3-7,12,16H,8-9H2,1-2H3/t12-,16+/m0/s1. The fourth-order valence-corrected chi connectivity index (χ4v) is 4.82. The Balaban J connectivity index is 1.65. The van der Waals surface area contributed by atoms with E-state index in [9.17, 15) is 14.4 Å². The van der Waals surface area contributed by atoms with Crippen molar-refractivity contribution in [3.8, 4) is 0 Å². The molecule has 3 heterocycles. The topological polar surface area (TPSA) is 76.8 Å². The summed E-state index contributed by atoms with van der Waals surface area (Å²) in [6.45, 7) is 2.99. The molecule has 1 saturated heterocycles. The monoisotopic (exact) mass is 379 g/mol. The number of aryl methyl sites for hydroxylation is 1. The van der Waals surface area contributed by atoms with Gasteiger partial charge in [-0.3, -0.25) is 9.59 Å². The molecule has 132 valence electrons. The number of thioether (sulfide) groups is 1. The molecule has 0 saturated carbocycles. The third kappa shape index (κ3) is 3.80. The van der Waals surface area contributed by atoms with Crippen molar-refractivity contribution >= 4 is 40.8 Å². The summed E-state index contributed by atoms with van der Waals surface area (Å²) in [7, 11) is 0. The highest BCUT2D eigenvalue weighted by Crippen LogP contribution is 2.41. The Labute approximate surface area is 153 Å². The molecule has 25 heavy (non-hydrogen) atoms. The van der Waals surface area contributed by atoms with Gasteiger partial charge in [0.2, 0.25) is 11.7 Å². The van der Waals surface area contributed by atoms with Gasteiger partial charge in [-0.2, -0.15) is 0 Å². The second-order valence-corrected chi connectivity index (χ2v) is 7.99. The maximum absolute atomic E-state index is 12.4. The number of rotatable bonds is 5. The number of amides is 1. The van der Waals surface area contributed by atoms with E-state index in [1.54, 1.807) is 18.2 Å². The van der Waals surface area contributed by atoms with Crippen LogP contribution in [0.15, 0.2) is 34.9 Å². The summed E-state index contributed by atoms with van der Waals surface area (Å²) >= 11 is 2.80. The van der Waals surface area contributed by atoms with Crippen molar-refractivity contribution in [1.82, 2.24) is 4.90 Å². The van der Waals surface area contributed by atoms with Crippen molar-refractivity contribution in [1.29, 1.82) is 0 Å². The number of carbonyl (C=O) groups is 3. The van der Waals surface area contributed by atoms with E-state index < -0.39 is 12.0 Å². The van der Waals surface area contributed by atoms with Crippen LogP contribution in [0.4, 0.5) is 0 Å². The summed E-state index contributed by atoms with van der Waals surface area (Å²) in [5.41, 5.74) is 0. The average Bonchev–Trinajstić information content (AvgIpc) is 3.30. The molecule has 0 aliphatic carbocycles. The van der Waals surface area contributed by atoms with E-state index in [0.717, 1.165) is 4.88 Å². The summed E-state index contributed by atoms with van der Waals surface area (Å²) in [4.78, 5) is 39.5. The van der Waals surface area contributed by atoms with Crippen LogP contribution in [0.1, 0.15) is 32.6 Å². The molecule has 0 unspecified atom stereocenters. The molecule has 6 nitrogen and oxygen atoms in total. The SMILES string of the molecule is CC(=O)N1[C@@H](c2ccco2)SC[C@H]1C(=O)OCC(=O)c1ccc(C)s1. The molecule has 0 N–H and O–H groups in total. The first-order valence-corrected chi connectivity index (χ1v) is 9.54. The van der Waals surface area contributed by atoms with Crippen LogP contribution in [0, 0.1) is 6.92 Å². The smallest absolute Gasteiger partial charge is 0.330 e. The lowest BCUT2D eigenvalue weighted by Crippen LogP contribution is -2.43. The summed E-state index contributed by atoms with van der Waals surface area (Å²) in [6, 6.07) is 6.34. The lowest BCUT2D eigenvalue weighted by Gasteiger charge is -2.25. The molecule has 8 heteroatoms. The third-order valence-electron chi connectivity index (χ3n) is 3.78. The van der Waals surface area contributed by atoms with Gasteiger partial charge in [0.15, 0.2) is 6.61 Å². The van der Waals surface area contributed by atoms with Gasteiger partial charge in [-0.1, -0.05) is 0 Å². The van der Waals surface area contributed by atoms with Gasteiger partial charge in [0.1, 0.15) is 17.2 Å². The molecule has 0 radical (unpaired) electrons. The Morgan fingerprint density at radius 3 is 2.72 bits per heavy atom. The quantitative estimate of drug-likeness (QED) is 0.587. The molecule has 1 aliphatic rings. The van der Waals surface area contributed by atoms with E-state index in [-0.39, 0.29) is 23.7 Å². The largest absolute Gasteiger partial charge is 0.466 e. The van der Waals surface area contributed by atoms with Crippen LogP contribution in [0.5, 0.6) is 0 Å².